The summed E-state index contributed by atoms with van der Waals surface area (Å²) in [6.07, 6.45) is 2.79. The summed E-state index contributed by atoms with van der Waals surface area (Å²) in [5.74, 6) is -0.386. The number of methoxy groups -OCH3 is 2. The van der Waals surface area contributed by atoms with E-state index in [-0.39, 0.29) is 43.1 Å². The first-order chi connectivity index (χ1) is 16.8. The van der Waals surface area contributed by atoms with Crippen molar-refractivity contribution in [3.63, 3.8) is 0 Å². The number of ether oxygens (including phenoxy) is 2. The predicted octanol–water partition coefficient (Wildman–Crippen LogP) is 3.34. The third-order valence-electron chi connectivity index (χ3n) is 5.65. The van der Waals surface area contributed by atoms with Crippen molar-refractivity contribution in [3.05, 3.63) is 59.9 Å². The summed E-state index contributed by atoms with van der Waals surface area (Å²) < 4.78 is 12.0. The fraction of sp³-hybridized carbons (Fsp3) is 0.519. The molecule has 1 aromatic heterocycles. The molecule has 2 amide bonds. The monoisotopic (exact) mass is 485 g/mol. The molecule has 8 heteroatoms. The van der Waals surface area contributed by atoms with Gasteiger partial charge in [0.25, 0.3) is 0 Å². The average Bonchev–Trinajstić information content (AvgIpc) is 3.27. The summed E-state index contributed by atoms with van der Waals surface area (Å²) in [5.41, 5.74) is 2.19. The Morgan fingerprint density at radius 2 is 1.69 bits per heavy atom. The zero-order valence-electron chi connectivity index (χ0n) is 21.4. The minimum Gasteiger partial charge on any atom is -0.469 e. The van der Waals surface area contributed by atoms with E-state index in [1.54, 1.807) is 16.9 Å². The smallest absolute Gasteiger partial charge is 0.305 e. The van der Waals surface area contributed by atoms with E-state index in [0.29, 0.717) is 39.2 Å². The van der Waals surface area contributed by atoms with E-state index in [9.17, 15) is 14.4 Å². The highest BCUT2D eigenvalue weighted by molar-refractivity contribution is 5.85. The molecule has 0 unspecified atom stereocenters. The van der Waals surface area contributed by atoms with E-state index in [1.807, 2.05) is 50.4 Å². The highest BCUT2D eigenvalue weighted by Crippen LogP contribution is 2.13. The van der Waals surface area contributed by atoms with Crippen LogP contribution in [0.4, 0.5) is 0 Å². The van der Waals surface area contributed by atoms with Gasteiger partial charge in [0, 0.05) is 51.5 Å². The standard InChI is InChI=1S/C27H39N3O5/c1-22(2)18-30(25(31)13-8-14-27(33)35-4)21-26(32)29(16-17-34-3)20-24-12-9-15-28(24)19-23-10-6-5-7-11-23/h5-7,9-12,15,22H,8,13-14,16-21H2,1-4H3. The molecule has 35 heavy (non-hydrogen) atoms. The van der Waals surface area contributed by atoms with Gasteiger partial charge in [-0.2, -0.15) is 0 Å². The maximum Gasteiger partial charge on any atom is 0.305 e. The Balaban J connectivity index is 2.09. The fourth-order valence-electron chi connectivity index (χ4n) is 3.82. The molecule has 0 saturated carbocycles. The van der Waals surface area contributed by atoms with Crippen LogP contribution in [0.2, 0.25) is 0 Å². The molecule has 2 aromatic rings. The van der Waals surface area contributed by atoms with E-state index >= 15 is 0 Å². The number of aromatic nitrogens is 1. The summed E-state index contributed by atoms with van der Waals surface area (Å²) in [7, 11) is 2.94. The van der Waals surface area contributed by atoms with Crippen LogP contribution in [0.25, 0.3) is 0 Å². The minimum atomic E-state index is -0.339. The van der Waals surface area contributed by atoms with Gasteiger partial charge in [0.1, 0.15) is 0 Å². The molecule has 0 aliphatic rings. The lowest BCUT2D eigenvalue weighted by Gasteiger charge is -2.29. The van der Waals surface area contributed by atoms with E-state index in [2.05, 4.69) is 21.4 Å². The Hall–Kier alpha value is -3.13. The van der Waals surface area contributed by atoms with Crippen LogP contribution >= 0.6 is 0 Å². The van der Waals surface area contributed by atoms with Crippen LogP contribution in [-0.4, -0.2) is 72.6 Å². The van der Waals surface area contributed by atoms with Crippen LogP contribution in [0.5, 0.6) is 0 Å². The summed E-state index contributed by atoms with van der Waals surface area (Å²) in [6, 6.07) is 14.2. The molecule has 0 aliphatic heterocycles. The minimum absolute atomic E-state index is 0.00164. The van der Waals surface area contributed by atoms with Crippen molar-refractivity contribution in [1.82, 2.24) is 14.4 Å². The summed E-state index contributed by atoms with van der Waals surface area (Å²) in [5, 5.41) is 0. The average molecular weight is 486 g/mol. The quantitative estimate of drug-likeness (QED) is 0.362. The molecule has 8 nitrogen and oxygen atoms in total. The van der Waals surface area contributed by atoms with Crippen LogP contribution in [0.15, 0.2) is 48.7 Å². The van der Waals surface area contributed by atoms with Gasteiger partial charge in [-0.15, -0.1) is 0 Å². The van der Waals surface area contributed by atoms with Crippen molar-refractivity contribution < 1.29 is 23.9 Å². The second-order valence-electron chi connectivity index (χ2n) is 9.02. The van der Waals surface area contributed by atoms with Gasteiger partial charge in [0.2, 0.25) is 11.8 Å². The number of rotatable bonds is 15. The fourth-order valence-corrected chi connectivity index (χ4v) is 3.82. The van der Waals surface area contributed by atoms with Crippen molar-refractivity contribution in [2.45, 2.75) is 46.2 Å². The Bertz CT molecular complexity index is 926. The largest absolute Gasteiger partial charge is 0.469 e. The van der Waals surface area contributed by atoms with E-state index in [4.69, 9.17) is 4.74 Å². The first kappa shape index (κ1) is 28.1. The molecule has 0 bridgehead atoms. The molecular weight excluding hydrogens is 446 g/mol. The second-order valence-corrected chi connectivity index (χ2v) is 9.02. The van der Waals surface area contributed by atoms with Crippen LogP contribution in [0.3, 0.4) is 0 Å². The molecule has 1 heterocycles. The zero-order valence-corrected chi connectivity index (χ0v) is 21.4. The van der Waals surface area contributed by atoms with Gasteiger partial charge in [-0.05, 0) is 30.0 Å². The van der Waals surface area contributed by atoms with Gasteiger partial charge in [-0.3, -0.25) is 14.4 Å². The summed E-state index contributed by atoms with van der Waals surface area (Å²) >= 11 is 0. The normalized spacial score (nSPS) is 10.9. The maximum atomic E-state index is 13.4. The van der Waals surface area contributed by atoms with Crippen molar-refractivity contribution in [3.8, 4) is 0 Å². The molecule has 0 aliphatic carbocycles. The topological polar surface area (TPSA) is 81.1 Å². The number of esters is 1. The van der Waals surface area contributed by atoms with Gasteiger partial charge in [0.15, 0.2) is 0 Å². The second kappa shape index (κ2) is 15.0. The van der Waals surface area contributed by atoms with Gasteiger partial charge >= 0.3 is 5.97 Å². The summed E-state index contributed by atoms with van der Waals surface area (Å²) in [6.45, 7) is 6.47. The molecule has 1 aromatic carbocycles. The van der Waals surface area contributed by atoms with Crippen molar-refractivity contribution in [2.24, 2.45) is 5.92 Å². The third kappa shape index (κ3) is 9.94. The first-order valence-corrected chi connectivity index (χ1v) is 12.1. The first-order valence-electron chi connectivity index (χ1n) is 12.1. The van der Waals surface area contributed by atoms with Gasteiger partial charge < -0.3 is 23.8 Å². The lowest BCUT2D eigenvalue weighted by Crippen LogP contribution is -2.45. The Morgan fingerprint density at radius 3 is 2.34 bits per heavy atom. The molecule has 0 radical (unpaired) electrons. The number of benzene rings is 1. The van der Waals surface area contributed by atoms with Crippen LogP contribution in [-0.2, 0) is 36.9 Å². The van der Waals surface area contributed by atoms with E-state index < -0.39 is 0 Å². The van der Waals surface area contributed by atoms with Crippen LogP contribution in [0, 0.1) is 5.92 Å². The highest BCUT2D eigenvalue weighted by Gasteiger charge is 2.23. The Labute approximate surface area is 208 Å². The third-order valence-corrected chi connectivity index (χ3v) is 5.65. The maximum absolute atomic E-state index is 13.4. The van der Waals surface area contributed by atoms with E-state index in [1.165, 1.54) is 12.7 Å². The van der Waals surface area contributed by atoms with Crippen molar-refractivity contribution in [1.29, 1.82) is 0 Å². The molecule has 0 saturated heterocycles. The molecule has 2 rings (SSSR count). The van der Waals surface area contributed by atoms with Crippen LogP contribution < -0.4 is 0 Å². The molecular formula is C27H39N3O5. The number of carbonyl (C=O) groups is 3. The number of nitrogens with zero attached hydrogens (tertiary/aromatic N) is 3. The van der Waals surface area contributed by atoms with E-state index in [0.717, 1.165) is 5.69 Å². The summed E-state index contributed by atoms with van der Waals surface area (Å²) in [4.78, 5) is 41.0. The van der Waals surface area contributed by atoms with Crippen LogP contribution in [0.1, 0.15) is 44.4 Å². The molecule has 0 N–H and O–H groups in total. The predicted molar refractivity (Wildman–Crippen MR) is 135 cm³/mol. The Morgan fingerprint density at radius 1 is 0.943 bits per heavy atom. The number of carbonyl (C=O) groups excluding carboxylic acids is 3. The molecule has 0 spiro atoms. The Kier molecular flexibility index (Phi) is 12.0. The van der Waals surface area contributed by atoms with Gasteiger partial charge in [-0.1, -0.05) is 44.2 Å². The van der Waals surface area contributed by atoms with Crippen molar-refractivity contribution in [2.75, 3.05) is 40.5 Å². The number of hydrogen-bond donors (Lipinski definition) is 0. The van der Waals surface area contributed by atoms with Crippen molar-refractivity contribution >= 4 is 17.8 Å². The van der Waals surface area contributed by atoms with Gasteiger partial charge in [-0.25, -0.2) is 0 Å². The number of hydrogen-bond acceptors (Lipinski definition) is 5. The molecule has 0 fully saturated rings. The lowest BCUT2D eigenvalue weighted by atomic mass is 10.1. The molecule has 0 atom stereocenters. The highest BCUT2D eigenvalue weighted by atomic mass is 16.5. The van der Waals surface area contributed by atoms with Gasteiger partial charge in [0.05, 0.1) is 26.8 Å². The SMILES string of the molecule is COCCN(Cc1cccn1Cc1ccccc1)C(=O)CN(CC(C)C)C(=O)CCCC(=O)OC. The number of amides is 2. The lowest BCUT2D eigenvalue weighted by molar-refractivity contribution is -0.143. The molecule has 192 valence electrons. The zero-order chi connectivity index (χ0) is 25.6.